The van der Waals surface area contributed by atoms with Gasteiger partial charge in [-0.25, -0.2) is 0 Å². The summed E-state index contributed by atoms with van der Waals surface area (Å²) in [4.78, 5) is 14.1. The quantitative estimate of drug-likeness (QED) is 0.783. The molecule has 2 heterocycles. The number of rotatable bonds is 2. The minimum Gasteiger partial charge on any atom is -0.336 e. The van der Waals surface area contributed by atoms with E-state index in [1.807, 2.05) is 18.9 Å². The van der Waals surface area contributed by atoms with Gasteiger partial charge in [-0.1, -0.05) is 5.21 Å². The highest BCUT2D eigenvalue weighted by Gasteiger charge is 2.26. The molecule has 0 aliphatic carbocycles. The van der Waals surface area contributed by atoms with E-state index in [1.54, 1.807) is 11.7 Å². The summed E-state index contributed by atoms with van der Waals surface area (Å²) >= 11 is 0. The Balaban J connectivity index is 2.12. The SMILES string of the molecule is CNC1CCCN(C(=O)c2nnn(C)c2C)C1. The molecule has 1 amide bonds. The molecule has 6 heteroatoms. The van der Waals surface area contributed by atoms with Crippen molar-refractivity contribution in [1.82, 2.24) is 25.2 Å². The number of hydrogen-bond acceptors (Lipinski definition) is 4. The summed E-state index contributed by atoms with van der Waals surface area (Å²) in [6, 6.07) is 0.393. The molecule has 1 atom stereocenters. The van der Waals surface area contributed by atoms with Gasteiger partial charge in [0.15, 0.2) is 5.69 Å². The van der Waals surface area contributed by atoms with E-state index < -0.39 is 0 Å². The van der Waals surface area contributed by atoms with Crippen molar-refractivity contribution in [3.05, 3.63) is 11.4 Å². The molecule has 2 rings (SSSR count). The van der Waals surface area contributed by atoms with Crippen molar-refractivity contribution in [2.45, 2.75) is 25.8 Å². The van der Waals surface area contributed by atoms with Gasteiger partial charge in [0, 0.05) is 26.2 Å². The van der Waals surface area contributed by atoms with Gasteiger partial charge in [0.25, 0.3) is 5.91 Å². The van der Waals surface area contributed by atoms with E-state index in [1.165, 1.54) is 0 Å². The largest absolute Gasteiger partial charge is 0.336 e. The Morgan fingerprint density at radius 2 is 2.29 bits per heavy atom. The predicted molar refractivity (Wildman–Crippen MR) is 63.7 cm³/mol. The first-order valence-electron chi connectivity index (χ1n) is 5.96. The summed E-state index contributed by atoms with van der Waals surface area (Å²) in [5.74, 6) is -0.00412. The highest BCUT2D eigenvalue weighted by molar-refractivity contribution is 5.93. The third kappa shape index (κ3) is 2.31. The zero-order valence-electron chi connectivity index (χ0n) is 10.6. The van der Waals surface area contributed by atoms with Crippen LogP contribution in [0.1, 0.15) is 29.0 Å². The molecule has 94 valence electrons. The van der Waals surface area contributed by atoms with Crippen molar-refractivity contribution in [2.75, 3.05) is 20.1 Å². The number of hydrogen-bond donors (Lipinski definition) is 1. The fourth-order valence-electron chi connectivity index (χ4n) is 2.15. The fraction of sp³-hybridized carbons (Fsp3) is 0.727. The second kappa shape index (κ2) is 4.83. The van der Waals surface area contributed by atoms with E-state index in [0.717, 1.165) is 31.6 Å². The number of carbonyl (C=O) groups is 1. The van der Waals surface area contributed by atoms with Crippen LogP contribution in [0.5, 0.6) is 0 Å². The number of nitrogens with zero attached hydrogens (tertiary/aromatic N) is 4. The first-order valence-corrected chi connectivity index (χ1v) is 5.96. The van der Waals surface area contributed by atoms with Crippen LogP contribution in [0.2, 0.25) is 0 Å². The van der Waals surface area contributed by atoms with Gasteiger partial charge < -0.3 is 10.2 Å². The molecule has 1 aliphatic heterocycles. The van der Waals surface area contributed by atoms with Crippen LogP contribution in [-0.2, 0) is 7.05 Å². The average Bonchev–Trinajstić information content (AvgIpc) is 2.69. The number of aryl methyl sites for hydroxylation is 1. The molecular weight excluding hydrogens is 218 g/mol. The lowest BCUT2D eigenvalue weighted by Gasteiger charge is -2.32. The Morgan fingerprint density at radius 1 is 1.53 bits per heavy atom. The molecule has 6 nitrogen and oxygen atoms in total. The van der Waals surface area contributed by atoms with Crippen LogP contribution in [0.4, 0.5) is 0 Å². The fourth-order valence-corrected chi connectivity index (χ4v) is 2.15. The number of carbonyl (C=O) groups excluding carboxylic acids is 1. The lowest BCUT2D eigenvalue weighted by Crippen LogP contribution is -2.47. The molecule has 1 saturated heterocycles. The Hall–Kier alpha value is -1.43. The topological polar surface area (TPSA) is 63.1 Å². The van der Waals surface area contributed by atoms with Crippen LogP contribution in [0.25, 0.3) is 0 Å². The third-order valence-corrected chi connectivity index (χ3v) is 3.43. The van der Waals surface area contributed by atoms with Crippen LogP contribution in [0.3, 0.4) is 0 Å². The summed E-state index contributed by atoms with van der Waals surface area (Å²) in [5.41, 5.74) is 1.30. The number of likely N-dealkylation sites (N-methyl/N-ethyl adjacent to an activating group) is 1. The van der Waals surface area contributed by atoms with Crippen molar-refractivity contribution in [1.29, 1.82) is 0 Å². The van der Waals surface area contributed by atoms with Crippen LogP contribution < -0.4 is 5.32 Å². The number of likely N-dealkylation sites (tertiary alicyclic amines) is 1. The molecule has 1 aromatic heterocycles. The number of amides is 1. The Morgan fingerprint density at radius 3 is 2.88 bits per heavy atom. The van der Waals surface area contributed by atoms with Gasteiger partial charge >= 0.3 is 0 Å². The van der Waals surface area contributed by atoms with Crippen molar-refractivity contribution in [2.24, 2.45) is 7.05 Å². The normalized spacial score (nSPS) is 20.6. The van der Waals surface area contributed by atoms with E-state index in [2.05, 4.69) is 15.6 Å². The second-order valence-electron chi connectivity index (χ2n) is 4.53. The van der Waals surface area contributed by atoms with Gasteiger partial charge in [0.2, 0.25) is 0 Å². The Kier molecular flexibility index (Phi) is 3.42. The van der Waals surface area contributed by atoms with Crippen LogP contribution in [0.15, 0.2) is 0 Å². The molecule has 1 fully saturated rings. The second-order valence-corrected chi connectivity index (χ2v) is 4.53. The van der Waals surface area contributed by atoms with Crippen LogP contribution in [0, 0.1) is 6.92 Å². The molecule has 1 aromatic rings. The molecule has 0 aromatic carbocycles. The first-order chi connectivity index (χ1) is 8.13. The molecule has 0 bridgehead atoms. The molecule has 1 N–H and O–H groups in total. The zero-order chi connectivity index (χ0) is 12.4. The lowest BCUT2D eigenvalue weighted by molar-refractivity contribution is 0.0691. The highest BCUT2D eigenvalue weighted by Crippen LogP contribution is 2.14. The van der Waals surface area contributed by atoms with E-state index >= 15 is 0 Å². The standard InChI is InChI=1S/C11H19N5O/c1-8-10(13-14-15(8)3)11(17)16-6-4-5-9(7-16)12-2/h9,12H,4-7H2,1-3H3. The zero-order valence-corrected chi connectivity index (χ0v) is 10.6. The van der Waals surface area contributed by atoms with Gasteiger partial charge in [-0.15, -0.1) is 5.10 Å². The molecular formula is C11H19N5O. The summed E-state index contributed by atoms with van der Waals surface area (Å²) in [5, 5.41) is 11.0. The molecule has 17 heavy (non-hydrogen) atoms. The van der Waals surface area contributed by atoms with Gasteiger partial charge in [-0.2, -0.15) is 0 Å². The predicted octanol–water partition coefficient (Wildman–Crippen LogP) is -0.0525. The van der Waals surface area contributed by atoms with Crippen LogP contribution >= 0.6 is 0 Å². The summed E-state index contributed by atoms with van der Waals surface area (Å²) in [6.07, 6.45) is 2.16. The average molecular weight is 237 g/mol. The molecule has 0 radical (unpaired) electrons. The van der Waals surface area contributed by atoms with Crippen LogP contribution in [-0.4, -0.2) is 52.0 Å². The smallest absolute Gasteiger partial charge is 0.276 e. The minimum atomic E-state index is -0.00412. The first kappa shape index (κ1) is 12.0. The van der Waals surface area contributed by atoms with E-state index in [0.29, 0.717) is 11.7 Å². The Bertz CT molecular complexity index is 414. The van der Waals surface area contributed by atoms with Crippen molar-refractivity contribution in [3.63, 3.8) is 0 Å². The molecule has 1 aliphatic rings. The lowest BCUT2D eigenvalue weighted by atomic mass is 10.1. The molecule has 0 saturated carbocycles. The van der Waals surface area contributed by atoms with Crippen molar-refractivity contribution in [3.8, 4) is 0 Å². The van der Waals surface area contributed by atoms with Gasteiger partial charge in [-0.3, -0.25) is 9.48 Å². The number of piperidine rings is 1. The van der Waals surface area contributed by atoms with Gasteiger partial charge in [-0.05, 0) is 26.8 Å². The summed E-state index contributed by atoms with van der Waals surface area (Å²) < 4.78 is 1.63. The number of aromatic nitrogens is 3. The maximum absolute atomic E-state index is 12.3. The molecule has 0 spiro atoms. The third-order valence-electron chi connectivity index (χ3n) is 3.43. The van der Waals surface area contributed by atoms with E-state index in [4.69, 9.17) is 0 Å². The van der Waals surface area contributed by atoms with Crippen molar-refractivity contribution < 1.29 is 4.79 Å². The summed E-state index contributed by atoms with van der Waals surface area (Å²) in [7, 11) is 3.73. The van der Waals surface area contributed by atoms with Gasteiger partial charge in [0.1, 0.15) is 0 Å². The Labute approximate surface area is 101 Å². The minimum absolute atomic E-state index is 0.00412. The maximum atomic E-state index is 12.3. The summed E-state index contributed by atoms with van der Waals surface area (Å²) in [6.45, 7) is 3.44. The van der Waals surface area contributed by atoms with E-state index in [-0.39, 0.29) is 5.91 Å². The van der Waals surface area contributed by atoms with Gasteiger partial charge in [0.05, 0.1) is 5.69 Å². The van der Waals surface area contributed by atoms with E-state index in [9.17, 15) is 4.79 Å². The van der Waals surface area contributed by atoms with Crippen molar-refractivity contribution >= 4 is 5.91 Å². The number of nitrogens with one attached hydrogen (secondary N) is 1. The molecule has 1 unspecified atom stereocenters. The highest BCUT2D eigenvalue weighted by atomic mass is 16.2. The maximum Gasteiger partial charge on any atom is 0.276 e. The monoisotopic (exact) mass is 237 g/mol.